The summed E-state index contributed by atoms with van der Waals surface area (Å²) in [6.45, 7) is 3.05. The molecule has 0 aliphatic carbocycles. The van der Waals surface area contributed by atoms with Crippen molar-refractivity contribution in [3.63, 3.8) is 0 Å². The number of nitrogens with zero attached hydrogens (tertiary/aromatic N) is 2. The highest BCUT2D eigenvalue weighted by Gasteiger charge is 2.16. The number of nitrogens with one attached hydrogen (secondary N) is 1. The zero-order valence-electron chi connectivity index (χ0n) is 15.4. The third-order valence-corrected chi connectivity index (χ3v) is 4.56. The predicted molar refractivity (Wildman–Crippen MR) is 109 cm³/mol. The topological polar surface area (TPSA) is 54.5 Å². The molecular formula is C21H22ClN3O2. The molecule has 0 unspecified atom stereocenters. The summed E-state index contributed by atoms with van der Waals surface area (Å²) in [6.07, 6.45) is 0.842. The van der Waals surface area contributed by atoms with E-state index >= 15 is 0 Å². The van der Waals surface area contributed by atoms with Crippen LogP contribution >= 0.6 is 11.6 Å². The number of carbonyl (C=O) groups excluding carboxylic acids is 1. The number of methoxy groups -OCH3 is 1. The first kappa shape index (κ1) is 19.0. The van der Waals surface area contributed by atoms with E-state index < -0.39 is 0 Å². The molecule has 0 saturated carbocycles. The Morgan fingerprint density at radius 3 is 2.63 bits per heavy atom. The van der Waals surface area contributed by atoms with Gasteiger partial charge in [-0.1, -0.05) is 36.7 Å². The lowest BCUT2D eigenvalue weighted by molar-refractivity contribution is 0.209. The van der Waals surface area contributed by atoms with Crippen molar-refractivity contribution in [2.75, 3.05) is 19.0 Å². The van der Waals surface area contributed by atoms with Crippen LogP contribution in [0.1, 0.15) is 18.9 Å². The van der Waals surface area contributed by atoms with Gasteiger partial charge >= 0.3 is 6.03 Å². The first-order valence-electron chi connectivity index (χ1n) is 8.85. The van der Waals surface area contributed by atoms with Crippen LogP contribution in [0.3, 0.4) is 0 Å². The fraction of sp³-hybridized carbons (Fsp3) is 0.238. The number of benzene rings is 2. The third kappa shape index (κ3) is 4.68. The Labute approximate surface area is 163 Å². The molecule has 3 rings (SSSR count). The minimum absolute atomic E-state index is 0.175. The van der Waals surface area contributed by atoms with E-state index in [9.17, 15) is 4.79 Å². The van der Waals surface area contributed by atoms with E-state index in [1.807, 2.05) is 61.5 Å². The fourth-order valence-corrected chi connectivity index (χ4v) is 3.06. The summed E-state index contributed by atoms with van der Waals surface area (Å²) in [5.74, 6) is 0.743. The molecule has 0 bridgehead atoms. The lowest BCUT2D eigenvalue weighted by Crippen LogP contribution is -2.35. The summed E-state index contributed by atoms with van der Waals surface area (Å²) in [4.78, 5) is 18.9. The van der Waals surface area contributed by atoms with E-state index in [0.29, 0.717) is 23.9 Å². The smallest absolute Gasteiger partial charge is 0.322 e. The van der Waals surface area contributed by atoms with Crippen molar-refractivity contribution in [2.24, 2.45) is 0 Å². The van der Waals surface area contributed by atoms with E-state index in [1.165, 1.54) is 0 Å². The molecule has 2 amide bonds. The first-order valence-corrected chi connectivity index (χ1v) is 9.22. The number of anilines is 1. The second-order valence-electron chi connectivity index (χ2n) is 6.21. The van der Waals surface area contributed by atoms with Crippen molar-refractivity contribution in [3.8, 4) is 5.75 Å². The van der Waals surface area contributed by atoms with Gasteiger partial charge < -0.3 is 15.0 Å². The van der Waals surface area contributed by atoms with Gasteiger partial charge in [-0.2, -0.15) is 0 Å². The van der Waals surface area contributed by atoms with Crippen molar-refractivity contribution in [2.45, 2.75) is 19.9 Å². The van der Waals surface area contributed by atoms with Gasteiger partial charge in [0.1, 0.15) is 10.9 Å². The molecule has 1 heterocycles. The molecular weight excluding hydrogens is 362 g/mol. The maximum absolute atomic E-state index is 12.8. The van der Waals surface area contributed by atoms with E-state index in [0.717, 1.165) is 28.6 Å². The van der Waals surface area contributed by atoms with Crippen LogP contribution in [0.5, 0.6) is 5.75 Å². The summed E-state index contributed by atoms with van der Waals surface area (Å²) >= 11 is 6.36. The van der Waals surface area contributed by atoms with E-state index in [-0.39, 0.29) is 6.03 Å². The Hall–Kier alpha value is -2.79. The van der Waals surface area contributed by atoms with Crippen LogP contribution in [0.4, 0.5) is 10.5 Å². The molecule has 1 N–H and O–H groups in total. The van der Waals surface area contributed by atoms with E-state index in [2.05, 4.69) is 10.3 Å². The Morgan fingerprint density at radius 1 is 1.19 bits per heavy atom. The van der Waals surface area contributed by atoms with Gasteiger partial charge in [-0.3, -0.25) is 0 Å². The lowest BCUT2D eigenvalue weighted by Gasteiger charge is -2.23. The van der Waals surface area contributed by atoms with Crippen molar-refractivity contribution >= 4 is 34.2 Å². The minimum Gasteiger partial charge on any atom is -0.497 e. The molecule has 5 nitrogen and oxygen atoms in total. The van der Waals surface area contributed by atoms with Crippen LogP contribution in [0.25, 0.3) is 10.9 Å². The monoisotopic (exact) mass is 383 g/mol. The van der Waals surface area contributed by atoms with Crippen molar-refractivity contribution < 1.29 is 9.53 Å². The Bertz CT molecular complexity index is 928. The summed E-state index contributed by atoms with van der Waals surface area (Å²) in [5.41, 5.74) is 2.38. The number of amides is 2. The number of para-hydroxylation sites is 1. The van der Waals surface area contributed by atoms with Gasteiger partial charge in [0.15, 0.2) is 0 Å². The summed E-state index contributed by atoms with van der Waals surface area (Å²) in [6, 6.07) is 16.9. The minimum atomic E-state index is -0.175. The first-order chi connectivity index (χ1) is 13.1. The number of aromatic nitrogens is 1. The van der Waals surface area contributed by atoms with Crippen molar-refractivity contribution in [1.82, 2.24) is 9.88 Å². The van der Waals surface area contributed by atoms with Crippen LogP contribution in [0.2, 0.25) is 5.15 Å². The Balaban J connectivity index is 1.78. The molecule has 0 spiro atoms. The molecule has 3 aromatic rings. The van der Waals surface area contributed by atoms with E-state index in [4.69, 9.17) is 16.3 Å². The highest BCUT2D eigenvalue weighted by atomic mass is 35.5. The normalized spacial score (nSPS) is 10.6. The van der Waals surface area contributed by atoms with Crippen LogP contribution in [-0.2, 0) is 6.54 Å². The molecule has 0 atom stereocenters. The molecule has 0 saturated heterocycles. The molecule has 0 fully saturated rings. The SMILES string of the molecule is CCCN(Cc1cc2ccccc2nc1Cl)C(=O)Nc1ccc(OC)cc1. The summed E-state index contributed by atoms with van der Waals surface area (Å²) in [5, 5.41) is 4.35. The number of fused-ring (bicyclic) bond motifs is 1. The molecule has 140 valence electrons. The zero-order chi connectivity index (χ0) is 19.2. The van der Waals surface area contributed by atoms with Gasteiger partial charge in [-0.05, 0) is 42.8 Å². The summed E-state index contributed by atoms with van der Waals surface area (Å²) in [7, 11) is 1.61. The van der Waals surface area contributed by atoms with Gasteiger partial charge in [-0.25, -0.2) is 9.78 Å². The number of hydrogen-bond acceptors (Lipinski definition) is 3. The van der Waals surface area contributed by atoms with Gasteiger partial charge in [0.05, 0.1) is 19.2 Å². The van der Waals surface area contributed by atoms with Crippen molar-refractivity contribution in [3.05, 3.63) is 65.3 Å². The second kappa shape index (κ2) is 8.73. The Kier molecular flexibility index (Phi) is 6.14. The van der Waals surface area contributed by atoms with Gasteiger partial charge in [0.25, 0.3) is 0 Å². The largest absolute Gasteiger partial charge is 0.497 e. The van der Waals surface area contributed by atoms with Gasteiger partial charge in [-0.15, -0.1) is 0 Å². The van der Waals surface area contributed by atoms with Gasteiger partial charge in [0, 0.05) is 23.2 Å². The number of pyridine rings is 1. The quantitative estimate of drug-likeness (QED) is 0.584. The van der Waals surface area contributed by atoms with Crippen molar-refractivity contribution in [1.29, 1.82) is 0 Å². The van der Waals surface area contributed by atoms with Crippen LogP contribution < -0.4 is 10.1 Å². The number of hydrogen-bond donors (Lipinski definition) is 1. The summed E-state index contributed by atoms with van der Waals surface area (Å²) < 4.78 is 5.14. The van der Waals surface area contributed by atoms with Gasteiger partial charge in [0.2, 0.25) is 0 Å². The lowest BCUT2D eigenvalue weighted by atomic mass is 10.1. The molecule has 1 aromatic heterocycles. The molecule has 0 aliphatic heterocycles. The average Bonchev–Trinajstić information content (AvgIpc) is 2.68. The molecule has 27 heavy (non-hydrogen) atoms. The molecule has 6 heteroatoms. The number of halogens is 1. The highest BCUT2D eigenvalue weighted by molar-refractivity contribution is 6.30. The molecule has 2 aromatic carbocycles. The standard InChI is InChI=1S/C21H22ClN3O2/c1-3-12-25(21(26)23-17-8-10-18(27-2)11-9-17)14-16-13-15-6-4-5-7-19(15)24-20(16)22/h4-11,13H,3,12,14H2,1-2H3,(H,23,26). The van der Waals surface area contributed by atoms with Crippen LogP contribution in [-0.4, -0.2) is 29.6 Å². The fourth-order valence-electron chi connectivity index (χ4n) is 2.85. The second-order valence-corrected chi connectivity index (χ2v) is 6.57. The molecule has 0 aliphatic rings. The Morgan fingerprint density at radius 2 is 1.93 bits per heavy atom. The number of ether oxygens (including phenoxy) is 1. The predicted octanol–water partition coefficient (Wildman–Crippen LogP) is 5.34. The number of urea groups is 1. The highest BCUT2D eigenvalue weighted by Crippen LogP contribution is 2.22. The maximum Gasteiger partial charge on any atom is 0.322 e. The number of carbonyl (C=O) groups is 1. The van der Waals surface area contributed by atoms with E-state index in [1.54, 1.807) is 12.0 Å². The third-order valence-electron chi connectivity index (χ3n) is 4.23. The average molecular weight is 384 g/mol. The maximum atomic E-state index is 12.8. The van der Waals surface area contributed by atoms with Crippen LogP contribution in [0.15, 0.2) is 54.6 Å². The van der Waals surface area contributed by atoms with Crippen LogP contribution in [0, 0.1) is 0 Å². The number of rotatable bonds is 6. The molecule has 0 radical (unpaired) electrons. The zero-order valence-corrected chi connectivity index (χ0v) is 16.2.